The maximum absolute atomic E-state index is 12.8. The molecule has 0 bridgehead atoms. The number of hydrogen-bond acceptors (Lipinski definition) is 5. The van der Waals surface area contributed by atoms with E-state index in [1.54, 1.807) is 23.6 Å². The number of morpholine rings is 1. The van der Waals surface area contributed by atoms with E-state index in [4.69, 9.17) is 4.74 Å². The Bertz CT molecular complexity index is 683. The molecule has 1 N–H and O–H groups in total. The predicted molar refractivity (Wildman–Crippen MR) is 86.2 cm³/mol. The maximum Gasteiger partial charge on any atom is 0.320 e. The standard InChI is InChI=1S/C14H23N5O4S/c1-11-13(12(2)16-15-11)24(21,22)19-5-3-17(4-6-19)14(20)18-7-9-23-10-8-18/h3-10H2,1-2H3,(H,15,16). The first-order chi connectivity index (χ1) is 11.4. The summed E-state index contributed by atoms with van der Waals surface area (Å²) in [7, 11) is -3.59. The van der Waals surface area contributed by atoms with Gasteiger partial charge in [-0.2, -0.15) is 9.40 Å². The molecule has 3 rings (SSSR count). The summed E-state index contributed by atoms with van der Waals surface area (Å²) in [5, 5.41) is 6.68. The number of urea groups is 1. The second-order valence-electron chi connectivity index (χ2n) is 6.04. The summed E-state index contributed by atoms with van der Waals surface area (Å²) >= 11 is 0. The van der Waals surface area contributed by atoms with E-state index in [0.29, 0.717) is 63.9 Å². The van der Waals surface area contributed by atoms with E-state index in [2.05, 4.69) is 10.2 Å². The van der Waals surface area contributed by atoms with Crippen molar-refractivity contribution in [2.24, 2.45) is 0 Å². The number of aryl methyl sites for hydroxylation is 2. The van der Waals surface area contributed by atoms with Crippen LogP contribution in [0.5, 0.6) is 0 Å². The van der Waals surface area contributed by atoms with Gasteiger partial charge >= 0.3 is 6.03 Å². The highest BCUT2D eigenvalue weighted by molar-refractivity contribution is 7.89. The zero-order chi connectivity index (χ0) is 17.3. The fourth-order valence-corrected chi connectivity index (χ4v) is 4.88. The first-order valence-corrected chi connectivity index (χ1v) is 9.48. The van der Waals surface area contributed by atoms with Gasteiger partial charge in [-0.15, -0.1) is 0 Å². The van der Waals surface area contributed by atoms with Gasteiger partial charge in [0.1, 0.15) is 4.90 Å². The van der Waals surface area contributed by atoms with Crippen LogP contribution in [0.25, 0.3) is 0 Å². The smallest absolute Gasteiger partial charge is 0.320 e. The van der Waals surface area contributed by atoms with E-state index in [1.807, 2.05) is 0 Å². The molecule has 2 aliphatic heterocycles. The lowest BCUT2D eigenvalue weighted by atomic mass is 10.3. The lowest BCUT2D eigenvalue weighted by Crippen LogP contribution is -2.55. The van der Waals surface area contributed by atoms with E-state index in [9.17, 15) is 13.2 Å². The Morgan fingerprint density at radius 2 is 1.62 bits per heavy atom. The number of aromatic nitrogens is 2. The van der Waals surface area contributed by atoms with Gasteiger partial charge in [0.05, 0.1) is 24.6 Å². The molecule has 0 aromatic carbocycles. The Kier molecular flexibility index (Phi) is 4.79. The van der Waals surface area contributed by atoms with Crippen molar-refractivity contribution in [3.63, 3.8) is 0 Å². The van der Waals surface area contributed by atoms with Crippen LogP contribution in [0.4, 0.5) is 4.79 Å². The molecule has 24 heavy (non-hydrogen) atoms. The Balaban J connectivity index is 1.65. The maximum atomic E-state index is 12.8. The Labute approximate surface area is 141 Å². The minimum atomic E-state index is -3.59. The van der Waals surface area contributed by atoms with Gasteiger partial charge in [0.2, 0.25) is 10.0 Å². The molecule has 10 heteroatoms. The third-order valence-corrected chi connectivity index (χ3v) is 6.61. The molecule has 0 aliphatic carbocycles. The number of nitrogens with zero attached hydrogens (tertiary/aromatic N) is 4. The van der Waals surface area contributed by atoms with Crippen molar-refractivity contribution in [2.75, 3.05) is 52.5 Å². The molecular formula is C14H23N5O4S. The number of aromatic amines is 1. The normalized spacial score (nSPS) is 20.4. The van der Waals surface area contributed by atoms with Crippen LogP contribution in [-0.2, 0) is 14.8 Å². The number of piperazine rings is 1. The third kappa shape index (κ3) is 3.13. The number of sulfonamides is 1. The molecule has 9 nitrogen and oxygen atoms in total. The van der Waals surface area contributed by atoms with Crippen molar-refractivity contribution < 1.29 is 17.9 Å². The van der Waals surface area contributed by atoms with Crippen molar-refractivity contribution in [2.45, 2.75) is 18.7 Å². The molecule has 2 saturated heterocycles. The summed E-state index contributed by atoms with van der Waals surface area (Å²) < 4.78 is 32.3. The van der Waals surface area contributed by atoms with Crippen molar-refractivity contribution in [1.29, 1.82) is 0 Å². The van der Waals surface area contributed by atoms with E-state index in [-0.39, 0.29) is 10.9 Å². The lowest BCUT2D eigenvalue weighted by Gasteiger charge is -2.38. The monoisotopic (exact) mass is 357 g/mol. The average Bonchev–Trinajstić information content (AvgIpc) is 2.94. The van der Waals surface area contributed by atoms with Gasteiger partial charge in [-0.05, 0) is 13.8 Å². The van der Waals surface area contributed by atoms with Gasteiger partial charge in [0, 0.05) is 39.3 Å². The first-order valence-electron chi connectivity index (χ1n) is 8.04. The molecular weight excluding hydrogens is 334 g/mol. The molecule has 1 aromatic rings. The topological polar surface area (TPSA) is 98.8 Å². The molecule has 1 aromatic heterocycles. The van der Waals surface area contributed by atoms with Crippen LogP contribution in [0.2, 0.25) is 0 Å². The second kappa shape index (κ2) is 6.69. The van der Waals surface area contributed by atoms with Crippen LogP contribution in [-0.4, -0.2) is 91.2 Å². The van der Waals surface area contributed by atoms with Gasteiger partial charge in [-0.1, -0.05) is 0 Å². The number of H-pyrrole nitrogens is 1. The van der Waals surface area contributed by atoms with Crippen LogP contribution >= 0.6 is 0 Å². The van der Waals surface area contributed by atoms with Crippen molar-refractivity contribution in [3.8, 4) is 0 Å². The van der Waals surface area contributed by atoms with Gasteiger partial charge < -0.3 is 14.5 Å². The second-order valence-corrected chi connectivity index (χ2v) is 7.91. The number of rotatable bonds is 2. The van der Waals surface area contributed by atoms with E-state index in [0.717, 1.165) is 0 Å². The summed E-state index contributed by atoms with van der Waals surface area (Å²) in [4.78, 5) is 16.2. The molecule has 0 radical (unpaired) electrons. The van der Waals surface area contributed by atoms with Gasteiger partial charge in [-0.25, -0.2) is 13.2 Å². The Hall–Kier alpha value is -1.65. The lowest BCUT2D eigenvalue weighted by molar-refractivity contribution is 0.0405. The number of ether oxygens (including phenoxy) is 1. The predicted octanol–water partition coefficient (Wildman–Crippen LogP) is -0.215. The van der Waals surface area contributed by atoms with Crippen LogP contribution in [0.15, 0.2) is 4.90 Å². The summed E-state index contributed by atoms with van der Waals surface area (Å²) in [5.41, 5.74) is 1.01. The van der Waals surface area contributed by atoms with Crippen molar-refractivity contribution >= 4 is 16.1 Å². The summed E-state index contributed by atoms with van der Waals surface area (Å²) in [6.45, 7) is 7.04. The van der Waals surface area contributed by atoms with Gasteiger partial charge in [0.15, 0.2) is 0 Å². The molecule has 0 spiro atoms. The molecule has 2 fully saturated rings. The van der Waals surface area contributed by atoms with Crippen LogP contribution in [0, 0.1) is 13.8 Å². The number of amides is 2. The van der Waals surface area contributed by atoms with Crippen LogP contribution < -0.4 is 0 Å². The van der Waals surface area contributed by atoms with E-state index < -0.39 is 10.0 Å². The fraction of sp³-hybridized carbons (Fsp3) is 0.714. The molecule has 2 amide bonds. The minimum absolute atomic E-state index is 0.0361. The van der Waals surface area contributed by atoms with Crippen LogP contribution in [0.1, 0.15) is 11.4 Å². The SMILES string of the molecule is Cc1n[nH]c(C)c1S(=O)(=O)N1CCN(C(=O)N2CCOCC2)CC1. The van der Waals surface area contributed by atoms with E-state index in [1.165, 1.54) is 4.31 Å². The molecule has 0 saturated carbocycles. The highest BCUT2D eigenvalue weighted by Crippen LogP contribution is 2.23. The summed E-state index contributed by atoms with van der Waals surface area (Å²) in [6.07, 6.45) is 0. The molecule has 0 unspecified atom stereocenters. The quantitative estimate of drug-likeness (QED) is 0.789. The Morgan fingerprint density at radius 3 is 2.17 bits per heavy atom. The molecule has 3 heterocycles. The summed E-state index contributed by atoms with van der Waals surface area (Å²) in [6, 6.07) is -0.0361. The highest BCUT2D eigenvalue weighted by Gasteiger charge is 2.34. The summed E-state index contributed by atoms with van der Waals surface area (Å²) in [5.74, 6) is 0. The fourth-order valence-electron chi connectivity index (χ4n) is 3.12. The number of carbonyl (C=O) groups excluding carboxylic acids is 1. The minimum Gasteiger partial charge on any atom is -0.378 e. The number of carbonyl (C=O) groups is 1. The molecule has 2 aliphatic rings. The first kappa shape index (κ1) is 17.2. The molecule has 134 valence electrons. The van der Waals surface area contributed by atoms with Gasteiger partial charge in [0.25, 0.3) is 0 Å². The zero-order valence-corrected chi connectivity index (χ0v) is 14.8. The number of hydrogen-bond donors (Lipinski definition) is 1. The largest absolute Gasteiger partial charge is 0.378 e. The Morgan fingerprint density at radius 1 is 1.04 bits per heavy atom. The van der Waals surface area contributed by atoms with Crippen molar-refractivity contribution in [1.82, 2.24) is 24.3 Å². The third-order valence-electron chi connectivity index (χ3n) is 4.45. The van der Waals surface area contributed by atoms with E-state index >= 15 is 0 Å². The average molecular weight is 357 g/mol. The van der Waals surface area contributed by atoms with Crippen molar-refractivity contribution in [3.05, 3.63) is 11.4 Å². The zero-order valence-electron chi connectivity index (χ0n) is 14.0. The highest BCUT2D eigenvalue weighted by atomic mass is 32.2. The van der Waals surface area contributed by atoms with Crippen LogP contribution in [0.3, 0.4) is 0 Å². The number of nitrogens with one attached hydrogen (secondary N) is 1. The van der Waals surface area contributed by atoms with Gasteiger partial charge in [-0.3, -0.25) is 5.10 Å². The molecule has 0 atom stereocenters.